The zero-order valence-corrected chi connectivity index (χ0v) is 9.87. The molecule has 1 heterocycles. The molecule has 2 rings (SSSR count). The molecular weight excluding hydrogens is 236 g/mol. The highest BCUT2D eigenvalue weighted by Crippen LogP contribution is 2.24. The molecule has 5 nitrogen and oxygen atoms in total. The summed E-state index contributed by atoms with van der Waals surface area (Å²) in [6.45, 7) is 0. The van der Waals surface area contributed by atoms with E-state index in [1.165, 1.54) is 7.11 Å². The number of aliphatic hydroxyl groups excluding tert-OH is 2. The molecule has 96 valence electrons. The van der Waals surface area contributed by atoms with E-state index in [9.17, 15) is 15.0 Å². The molecular formula is C13H14O5. The van der Waals surface area contributed by atoms with Crippen LogP contribution in [0.5, 0.6) is 0 Å². The first-order valence-electron chi connectivity index (χ1n) is 5.52. The summed E-state index contributed by atoms with van der Waals surface area (Å²) >= 11 is 0. The van der Waals surface area contributed by atoms with Crippen LogP contribution in [-0.2, 0) is 9.53 Å². The number of rotatable bonds is 4. The third kappa shape index (κ3) is 2.52. The third-order valence-electron chi connectivity index (χ3n) is 2.79. The van der Waals surface area contributed by atoms with Gasteiger partial charge in [0.25, 0.3) is 0 Å². The molecule has 2 aromatic rings. The summed E-state index contributed by atoms with van der Waals surface area (Å²) in [4.78, 5) is 11.0. The third-order valence-corrected chi connectivity index (χ3v) is 2.79. The Morgan fingerprint density at radius 3 is 2.89 bits per heavy atom. The van der Waals surface area contributed by atoms with Crippen LogP contribution < -0.4 is 0 Å². The summed E-state index contributed by atoms with van der Waals surface area (Å²) in [6.07, 6.45) is -1.03. The smallest absolute Gasteiger partial charge is 0.308 e. The summed E-state index contributed by atoms with van der Waals surface area (Å²) in [5, 5.41) is 20.5. The average molecular weight is 250 g/mol. The van der Waals surface area contributed by atoms with Crippen molar-refractivity contribution < 1.29 is 24.2 Å². The van der Waals surface area contributed by atoms with E-state index in [1.54, 1.807) is 30.5 Å². The summed E-state index contributed by atoms with van der Waals surface area (Å²) in [6, 6.07) is 6.83. The molecule has 2 atom stereocenters. The highest BCUT2D eigenvalue weighted by atomic mass is 16.5. The van der Waals surface area contributed by atoms with E-state index in [4.69, 9.17) is 4.42 Å². The second kappa shape index (κ2) is 5.20. The second-order valence-electron chi connectivity index (χ2n) is 4.01. The second-order valence-corrected chi connectivity index (χ2v) is 4.01. The SMILES string of the molecule is COC(=O)CC(O)C(O)c1ccc2occc2c1. The van der Waals surface area contributed by atoms with Gasteiger partial charge in [0.2, 0.25) is 0 Å². The molecule has 0 radical (unpaired) electrons. The lowest BCUT2D eigenvalue weighted by Gasteiger charge is -2.17. The molecule has 0 saturated heterocycles. The maximum atomic E-state index is 11.0. The van der Waals surface area contributed by atoms with Crippen LogP contribution >= 0.6 is 0 Å². The summed E-state index contributed by atoms with van der Waals surface area (Å²) in [5.74, 6) is -0.564. The first-order valence-corrected chi connectivity index (χ1v) is 5.52. The van der Waals surface area contributed by atoms with Crippen molar-refractivity contribution in [1.82, 2.24) is 0 Å². The molecule has 1 aromatic heterocycles. The van der Waals surface area contributed by atoms with Crippen LogP contribution in [-0.4, -0.2) is 29.4 Å². The Morgan fingerprint density at radius 1 is 1.39 bits per heavy atom. The minimum Gasteiger partial charge on any atom is -0.469 e. The van der Waals surface area contributed by atoms with Gasteiger partial charge in [-0.1, -0.05) is 6.07 Å². The molecule has 1 aromatic carbocycles. The minimum absolute atomic E-state index is 0.249. The van der Waals surface area contributed by atoms with Gasteiger partial charge < -0.3 is 19.4 Å². The number of furan rings is 1. The van der Waals surface area contributed by atoms with E-state index < -0.39 is 18.2 Å². The monoisotopic (exact) mass is 250 g/mol. The van der Waals surface area contributed by atoms with Gasteiger partial charge in [0.1, 0.15) is 11.7 Å². The van der Waals surface area contributed by atoms with Gasteiger partial charge in [0.05, 0.1) is 25.9 Å². The van der Waals surface area contributed by atoms with Crippen molar-refractivity contribution in [3.8, 4) is 0 Å². The normalized spacial score (nSPS) is 14.4. The molecule has 0 aliphatic heterocycles. The van der Waals surface area contributed by atoms with Gasteiger partial charge in [-0.3, -0.25) is 4.79 Å². The Labute approximate surface area is 104 Å². The molecule has 5 heteroatoms. The van der Waals surface area contributed by atoms with E-state index in [1.807, 2.05) is 0 Å². The topological polar surface area (TPSA) is 79.9 Å². The van der Waals surface area contributed by atoms with Crippen molar-refractivity contribution in [3.63, 3.8) is 0 Å². The van der Waals surface area contributed by atoms with Gasteiger partial charge in [-0.25, -0.2) is 0 Å². The molecule has 0 amide bonds. The van der Waals surface area contributed by atoms with Gasteiger partial charge in [0.15, 0.2) is 0 Å². The Balaban J connectivity index is 2.16. The maximum absolute atomic E-state index is 11.0. The van der Waals surface area contributed by atoms with Crippen LogP contribution in [0, 0.1) is 0 Å². The molecule has 2 unspecified atom stereocenters. The minimum atomic E-state index is -1.19. The van der Waals surface area contributed by atoms with E-state index in [0.29, 0.717) is 11.1 Å². The predicted molar refractivity (Wildman–Crippen MR) is 63.8 cm³/mol. The molecule has 0 spiro atoms. The molecule has 0 saturated carbocycles. The Bertz CT molecular complexity index is 545. The van der Waals surface area contributed by atoms with E-state index >= 15 is 0 Å². The van der Waals surface area contributed by atoms with Crippen molar-refractivity contribution in [2.24, 2.45) is 0 Å². The van der Waals surface area contributed by atoms with Gasteiger partial charge in [-0.05, 0) is 23.8 Å². The van der Waals surface area contributed by atoms with Crippen LogP contribution in [0.3, 0.4) is 0 Å². The van der Waals surface area contributed by atoms with Gasteiger partial charge in [-0.2, -0.15) is 0 Å². The molecule has 0 aliphatic carbocycles. The van der Waals surface area contributed by atoms with Crippen LogP contribution in [0.15, 0.2) is 34.9 Å². The Hall–Kier alpha value is -1.85. The first-order chi connectivity index (χ1) is 8.61. The van der Waals surface area contributed by atoms with Crippen molar-refractivity contribution in [2.75, 3.05) is 7.11 Å². The predicted octanol–water partition coefficient (Wildman–Crippen LogP) is 1.39. The highest BCUT2D eigenvalue weighted by Gasteiger charge is 2.22. The number of hydrogen-bond donors (Lipinski definition) is 2. The molecule has 2 N–H and O–H groups in total. The summed E-state index contributed by atoms with van der Waals surface area (Å²) in [7, 11) is 1.24. The fourth-order valence-corrected chi connectivity index (χ4v) is 1.76. The van der Waals surface area contributed by atoms with Crippen LogP contribution in [0.4, 0.5) is 0 Å². The number of ether oxygens (including phenoxy) is 1. The number of carbonyl (C=O) groups is 1. The van der Waals surface area contributed by atoms with Crippen LogP contribution in [0.25, 0.3) is 11.0 Å². The average Bonchev–Trinajstić information content (AvgIpc) is 2.84. The summed E-state index contributed by atoms with van der Waals surface area (Å²) < 4.78 is 9.62. The number of aliphatic hydroxyl groups is 2. The van der Waals surface area contributed by atoms with Gasteiger partial charge in [0, 0.05) is 5.39 Å². The van der Waals surface area contributed by atoms with Crippen molar-refractivity contribution >= 4 is 16.9 Å². The van der Waals surface area contributed by atoms with Crippen LogP contribution in [0.2, 0.25) is 0 Å². The standard InChI is InChI=1S/C13H14O5/c1-17-12(15)7-10(14)13(16)9-2-3-11-8(6-9)4-5-18-11/h2-6,10,13-14,16H,7H2,1H3. The van der Waals surface area contributed by atoms with E-state index in [0.717, 1.165) is 5.39 Å². The zero-order chi connectivity index (χ0) is 13.1. The molecule has 0 aliphatic rings. The molecule has 0 bridgehead atoms. The van der Waals surface area contributed by atoms with Crippen molar-refractivity contribution in [3.05, 3.63) is 36.1 Å². The fourth-order valence-electron chi connectivity index (χ4n) is 1.76. The Kier molecular flexibility index (Phi) is 3.64. The number of methoxy groups -OCH3 is 1. The number of carbonyl (C=O) groups excluding carboxylic acids is 1. The molecule has 0 fully saturated rings. The lowest BCUT2D eigenvalue weighted by atomic mass is 10.0. The number of esters is 1. The summed E-state index contributed by atoms with van der Waals surface area (Å²) in [5.41, 5.74) is 1.23. The van der Waals surface area contributed by atoms with E-state index in [2.05, 4.69) is 4.74 Å². The van der Waals surface area contributed by atoms with Gasteiger partial charge in [-0.15, -0.1) is 0 Å². The van der Waals surface area contributed by atoms with Crippen LogP contribution in [0.1, 0.15) is 18.1 Å². The van der Waals surface area contributed by atoms with Crippen molar-refractivity contribution in [2.45, 2.75) is 18.6 Å². The van der Waals surface area contributed by atoms with Gasteiger partial charge >= 0.3 is 5.97 Å². The Morgan fingerprint density at radius 2 is 2.17 bits per heavy atom. The fraction of sp³-hybridized carbons (Fsp3) is 0.308. The lowest BCUT2D eigenvalue weighted by Crippen LogP contribution is -2.22. The van der Waals surface area contributed by atoms with Crippen molar-refractivity contribution in [1.29, 1.82) is 0 Å². The lowest BCUT2D eigenvalue weighted by molar-refractivity contribution is -0.144. The highest BCUT2D eigenvalue weighted by molar-refractivity contribution is 5.77. The first kappa shape index (κ1) is 12.6. The molecule has 18 heavy (non-hydrogen) atoms. The maximum Gasteiger partial charge on any atom is 0.308 e. The largest absolute Gasteiger partial charge is 0.469 e. The number of benzene rings is 1. The number of fused-ring (bicyclic) bond motifs is 1. The zero-order valence-electron chi connectivity index (χ0n) is 9.87. The number of hydrogen-bond acceptors (Lipinski definition) is 5. The van der Waals surface area contributed by atoms with E-state index in [-0.39, 0.29) is 6.42 Å². The quantitative estimate of drug-likeness (QED) is 0.801.